The maximum Gasteiger partial charge on any atom is 0.329 e. The van der Waals surface area contributed by atoms with Gasteiger partial charge in [0.15, 0.2) is 2.75 Å². The van der Waals surface area contributed by atoms with E-state index in [-0.39, 0.29) is 17.5 Å². The zero-order valence-electron chi connectivity index (χ0n) is 15.9. The minimum atomic E-state index is -4.19. The number of halogens is 1. The number of carbonyl (C=O) groups excluding carboxylic acids is 1. The van der Waals surface area contributed by atoms with E-state index < -0.39 is 23.7 Å². The zero-order chi connectivity index (χ0) is 20.2. The van der Waals surface area contributed by atoms with Crippen LogP contribution in [0, 0.1) is 16.7 Å². The van der Waals surface area contributed by atoms with Gasteiger partial charge in [-0.2, -0.15) is 8.42 Å². The monoisotopic (exact) mass is 510 g/mol. The first-order chi connectivity index (χ1) is 13.2. The lowest BCUT2D eigenvalue weighted by Gasteiger charge is -2.47. The van der Waals surface area contributed by atoms with Gasteiger partial charge in [0, 0.05) is 6.42 Å². The van der Waals surface area contributed by atoms with E-state index in [1.165, 1.54) is 0 Å². The Morgan fingerprint density at radius 1 is 1.04 bits per heavy atom. The topological polar surface area (TPSA) is 60.4 Å². The van der Waals surface area contributed by atoms with Crippen LogP contribution >= 0.6 is 22.6 Å². The number of alkyl halides is 1. The lowest BCUT2D eigenvalue weighted by molar-refractivity contribution is -0.130. The zero-order valence-corrected chi connectivity index (χ0v) is 18.9. The molecule has 2 aliphatic rings. The summed E-state index contributed by atoms with van der Waals surface area (Å²) < 4.78 is 31.8. The SMILES string of the molecule is CC1(C)C2CCC1(C(I)(c1ccccc1)S(=O)(=O)Oc1ccccc1)C(=O)C2. The Labute approximate surface area is 179 Å². The number of Topliss-reactive ketones (excluding diaryl/α,β-unsaturated/α-hetero) is 1. The lowest BCUT2D eigenvalue weighted by Crippen LogP contribution is -2.55. The molecule has 2 fully saturated rings. The summed E-state index contributed by atoms with van der Waals surface area (Å²) in [6.45, 7) is 4.09. The van der Waals surface area contributed by atoms with Gasteiger partial charge in [-0.05, 0) is 41.9 Å². The van der Waals surface area contributed by atoms with Crippen molar-refractivity contribution in [1.82, 2.24) is 0 Å². The fraction of sp³-hybridized carbons (Fsp3) is 0.409. The van der Waals surface area contributed by atoms with E-state index >= 15 is 0 Å². The van der Waals surface area contributed by atoms with Crippen LogP contribution < -0.4 is 4.18 Å². The first-order valence-corrected chi connectivity index (χ1v) is 11.9. The highest BCUT2D eigenvalue weighted by Gasteiger charge is 2.76. The van der Waals surface area contributed by atoms with Crippen LogP contribution in [0.3, 0.4) is 0 Å². The number of fused-ring (bicyclic) bond motifs is 2. The Bertz CT molecular complexity index is 1000. The number of carbonyl (C=O) groups is 1. The maximum atomic E-state index is 13.8. The molecule has 28 heavy (non-hydrogen) atoms. The Balaban J connectivity index is 1.96. The second kappa shape index (κ2) is 6.55. The summed E-state index contributed by atoms with van der Waals surface area (Å²) >= 11 is 2.00. The van der Waals surface area contributed by atoms with Gasteiger partial charge in [0.2, 0.25) is 0 Å². The molecule has 0 radical (unpaired) electrons. The van der Waals surface area contributed by atoms with Crippen molar-refractivity contribution in [2.45, 2.75) is 35.9 Å². The molecule has 6 heteroatoms. The average molecular weight is 510 g/mol. The summed E-state index contributed by atoms with van der Waals surface area (Å²) in [6, 6.07) is 17.6. The quantitative estimate of drug-likeness (QED) is 0.320. The van der Waals surface area contributed by atoms with Crippen molar-refractivity contribution in [2.75, 3.05) is 0 Å². The van der Waals surface area contributed by atoms with Crippen molar-refractivity contribution in [2.24, 2.45) is 16.7 Å². The first kappa shape index (κ1) is 19.9. The van der Waals surface area contributed by atoms with Crippen LogP contribution in [0.4, 0.5) is 0 Å². The molecule has 4 rings (SSSR count). The molecule has 0 amide bonds. The predicted octanol–water partition coefficient (Wildman–Crippen LogP) is 5.08. The van der Waals surface area contributed by atoms with E-state index in [0.717, 1.165) is 6.42 Å². The standard InChI is InChI=1S/C22H23IO4S/c1-20(2)17-13-14-21(20,19(24)15-17)22(23,16-9-5-3-6-10-16)28(25,26)27-18-11-7-4-8-12-18/h3-12,17H,13-15H2,1-2H3. The fourth-order valence-electron chi connectivity index (χ4n) is 5.35. The van der Waals surface area contributed by atoms with E-state index in [0.29, 0.717) is 18.4 Å². The van der Waals surface area contributed by atoms with E-state index in [1.54, 1.807) is 42.5 Å². The van der Waals surface area contributed by atoms with Crippen LogP contribution in [0.5, 0.6) is 5.75 Å². The molecule has 3 unspecified atom stereocenters. The molecule has 0 aliphatic heterocycles. The smallest absolute Gasteiger partial charge is 0.329 e. The molecule has 2 bridgehead atoms. The van der Waals surface area contributed by atoms with Crippen LogP contribution in [-0.2, 0) is 17.7 Å². The number of hydrogen-bond acceptors (Lipinski definition) is 4. The van der Waals surface area contributed by atoms with E-state index in [4.69, 9.17) is 4.18 Å². The van der Waals surface area contributed by atoms with Crippen LogP contribution in [0.25, 0.3) is 0 Å². The van der Waals surface area contributed by atoms with Crippen molar-refractivity contribution < 1.29 is 17.4 Å². The summed E-state index contributed by atoms with van der Waals surface area (Å²) in [5.74, 6) is 0.491. The molecular weight excluding hydrogens is 487 g/mol. The molecule has 2 saturated carbocycles. The van der Waals surface area contributed by atoms with Crippen LogP contribution in [0.1, 0.15) is 38.7 Å². The highest BCUT2D eigenvalue weighted by atomic mass is 127. The van der Waals surface area contributed by atoms with Crippen molar-refractivity contribution in [3.05, 3.63) is 66.2 Å². The molecule has 0 spiro atoms. The highest BCUT2D eigenvalue weighted by molar-refractivity contribution is 14.1. The van der Waals surface area contributed by atoms with Gasteiger partial charge in [-0.1, -0.05) is 85.0 Å². The van der Waals surface area contributed by atoms with E-state index in [2.05, 4.69) is 0 Å². The third kappa shape index (κ3) is 2.46. The third-order valence-corrected chi connectivity index (χ3v) is 11.7. The molecule has 148 valence electrons. The average Bonchev–Trinajstić information content (AvgIpc) is 3.04. The van der Waals surface area contributed by atoms with Gasteiger partial charge in [-0.3, -0.25) is 4.79 Å². The molecule has 0 N–H and O–H groups in total. The lowest BCUT2D eigenvalue weighted by atomic mass is 9.65. The second-order valence-corrected chi connectivity index (χ2v) is 12.3. The number of ketones is 1. The normalized spacial score (nSPS) is 28.1. The van der Waals surface area contributed by atoms with Gasteiger partial charge in [0.25, 0.3) is 0 Å². The summed E-state index contributed by atoms with van der Waals surface area (Å²) in [6.07, 6.45) is 1.85. The Morgan fingerprint density at radius 3 is 2.11 bits per heavy atom. The predicted molar refractivity (Wildman–Crippen MR) is 117 cm³/mol. The largest absolute Gasteiger partial charge is 0.381 e. The van der Waals surface area contributed by atoms with Gasteiger partial charge in [0.1, 0.15) is 11.5 Å². The van der Waals surface area contributed by atoms with Gasteiger partial charge in [-0.25, -0.2) is 0 Å². The molecule has 0 heterocycles. The number of para-hydroxylation sites is 1. The molecule has 2 aliphatic carbocycles. The van der Waals surface area contributed by atoms with Crippen molar-refractivity contribution >= 4 is 38.5 Å². The fourth-order valence-corrected chi connectivity index (χ4v) is 9.05. The highest BCUT2D eigenvalue weighted by Crippen LogP contribution is 2.73. The van der Waals surface area contributed by atoms with Crippen molar-refractivity contribution in [3.63, 3.8) is 0 Å². The molecule has 2 aromatic carbocycles. The van der Waals surface area contributed by atoms with Gasteiger partial charge in [0.05, 0.1) is 5.41 Å². The Hall–Kier alpha value is -1.41. The van der Waals surface area contributed by atoms with E-state index in [9.17, 15) is 13.2 Å². The molecule has 4 nitrogen and oxygen atoms in total. The number of rotatable bonds is 5. The molecule has 2 aromatic rings. The minimum absolute atomic E-state index is 0.0345. The van der Waals surface area contributed by atoms with Crippen LogP contribution in [0.2, 0.25) is 0 Å². The van der Waals surface area contributed by atoms with Crippen LogP contribution in [-0.4, -0.2) is 14.2 Å². The number of hydrogen-bond donors (Lipinski definition) is 0. The Morgan fingerprint density at radius 2 is 1.61 bits per heavy atom. The van der Waals surface area contributed by atoms with Gasteiger partial charge >= 0.3 is 10.1 Å². The maximum absolute atomic E-state index is 13.8. The third-order valence-electron chi connectivity index (χ3n) is 6.88. The summed E-state index contributed by atoms with van der Waals surface area (Å²) in [5.41, 5.74) is -0.871. The minimum Gasteiger partial charge on any atom is -0.381 e. The van der Waals surface area contributed by atoms with Crippen molar-refractivity contribution in [1.29, 1.82) is 0 Å². The van der Waals surface area contributed by atoms with Crippen molar-refractivity contribution in [3.8, 4) is 5.75 Å². The van der Waals surface area contributed by atoms with Gasteiger partial charge in [-0.15, -0.1) is 0 Å². The molecule has 3 atom stereocenters. The van der Waals surface area contributed by atoms with E-state index in [1.807, 2.05) is 54.6 Å². The second-order valence-electron chi connectivity index (χ2n) is 8.30. The Kier molecular flexibility index (Phi) is 4.65. The molecular formula is C22H23IO4S. The number of benzene rings is 2. The summed E-state index contributed by atoms with van der Waals surface area (Å²) in [7, 11) is -4.19. The van der Waals surface area contributed by atoms with Gasteiger partial charge < -0.3 is 4.18 Å². The summed E-state index contributed by atoms with van der Waals surface area (Å²) in [5, 5.41) is 0. The summed E-state index contributed by atoms with van der Waals surface area (Å²) in [4.78, 5) is 13.4. The molecule has 0 aromatic heterocycles. The molecule has 0 saturated heterocycles. The first-order valence-electron chi connectivity index (χ1n) is 9.44. The van der Waals surface area contributed by atoms with Crippen LogP contribution in [0.15, 0.2) is 60.7 Å².